The molecule has 1 aliphatic heterocycles. The predicted molar refractivity (Wildman–Crippen MR) is 120 cm³/mol. The zero-order chi connectivity index (χ0) is 20.7. The molecule has 1 heterocycles. The lowest BCUT2D eigenvalue weighted by molar-refractivity contribution is 0.0531. The van der Waals surface area contributed by atoms with Crippen molar-refractivity contribution in [1.82, 2.24) is 0 Å². The fourth-order valence-corrected chi connectivity index (χ4v) is 4.05. The maximum atomic E-state index is 6.34. The molecule has 0 saturated carbocycles. The number of nitrogens with one attached hydrogen (secondary N) is 1. The van der Waals surface area contributed by atoms with Crippen molar-refractivity contribution in [3.05, 3.63) is 59.2 Å². The van der Waals surface area contributed by atoms with Gasteiger partial charge in [-0.05, 0) is 54.5 Å². The van der Waals surface area contributed by atoms with Crippen LogP contribution in [0.5, 0.6) is 5.75 Å². The lowest BCUT2D eigenvalue weighted by atomic mass is 9.74. The fourth-order valence-electron chi connectivity index (χ4n) is 4.05. The van der Waals surface area contributed by atoms with Gasteiger partial charge in [0.1, 0.15) is 5.75 Å². The van der Waals surface area contributed by atoms with Crippen molar-refractivity contribution in [2.45, 2.75) is 44.9 Å². The summed E-state index contributed by atoms with van der Waals surface area (Å²) < 4.78 is 10.9. The van der Waals surface area contributed by atoms with Crippen LogP contribution in [-0.4, -0.2) is 32.8 Å². The average Bonchev–Trinajstić information content (AvgIpc) is 2.78. The molecule has 3 rings (SSSR count). The second-order valence-electron chi connectivity index (χ2n) is 7.61. The van der Waals surface area contributed by atoms with Crippen LogP contribution >= 0.6 is 0 Å². The number of hydrogen-bond donors (Lipinski definition) is 2. The number of nitrogens with two attached hydrogens (primary N) is 1. The molecule has 2 aromatic rings. The molecule has 2 aromatic carbocycles. The van der Waals surface area contributed by atoms with Gasteiger partial charge < -0.3 is 20.5 Å². The first-order chi connectivity index (χ1) is 14.1. The lowest BCUT2D eigenvalue weighted by Gasteiger charge is -2.36. The number of methoxy groups -OCH3 is 1. The third-order valence-electron chi connectivity index (χ3n) is 5.96. The van der Waals surface area contributed by atoms with Gasteiger partial charge in [-0.25, -0.2) is 0 Å². The predicted octanol–water partition coefficient (Wildman–Crippen LogP) is 4.30. The summed E-state index contributed by atoms with van der Waals surface area (Å²) in [6.07, 6.45) is 3.77. The zero-order valence-corrected chi connectivity index (χ0v) is 17.8. The Morgan fingerprint density at radius 3 is 2.24 bits per heavy atom. The van der Waals surface area contributed by atoms with Crippen LogP contribution in [0.4, 0.5) is 5.69 Å². The van der Waals surface area contributed by atoms with Gasteiger partial charge in [0.15, 0.2) is 5.96 Å². The van der Waals surface area contributed by atoms with Crippen LogP contribution in [0.2, 0.25) is 0 Å². The number of aliphatic imine (C=N–C) groups is 1. The first-order valence-corrected chi connectivity index (χ1v) is 10.5. The van der Waals surface area contributed by atoms with E-state index in [0.29, 0.717) is 12.5 Å². The van der Waals surface area contributed by atoms with Gasteiger partial charge in [-0.15, -0.1) is 0 Å². The van der Waals surface area contributed by atoms with E-state index in [0.717, 1.165) is 50.3 Å². The van der Waals surface area contributed by atoms with Gasteiger partial charge in [0.05, 0.1) is 13.7 Å². The summed E-state index contributed by atoms with van der Waals surface area (Å²) >= 11 is 0. The maximum Gasteiger partial charge on any atom is 0.193 e. The number of rotatable bonds is 7. The number of hydrogen-bond acceptors (Lipinski definition) is 3. The molecule has 0 aliphatic carbocycles. The van der Waals surface area contributed by atoms with Gasteiger partial charge in [-0.2, -0.15) is 0 Å². The number of guanidine groups is 1. The molecule has 0 unspecified atom stereocenters. The van der Waals surface area contributed by atoms with Crippen LogP contribution in [0, 0.1) is 0 Å². The van der Waals surface area contributed by atoms with Crippen LogP contribution in [0.15, 0.2) is 47.5 Å². The third-order valence-corrected chi connectivity index (χ3v) is 5.96. The SMILES string of the molecule is CCc1cccc(CC)c1NC(N)=NCC1(c2ccc(OC)cc2)CCOCC1. The first-order valence-electron chi connectivity index (χ1n) is 10.5. The summed E-state index contributed by atoms with van der Waals surface area (Å²) in [6, 6.07) is 14.7. The quantitative estimate of drug-likeness (QED) is 0.542. The van der Waals surface area contributed by atoms with E-state index in [1.54, 1.807) is 7.11 Å². The lowest BCUT2D eigenvalue weighted by Crippen LogP contribution is -2.38. The molecule has 1 fully saturated rings. The molecule has 5 nitrogen and oxygen atoms in total. The summed E-state index contributed by atoms with van der Waals surface area (Å²) in [6.45, 7) is 6.44. The molecule has 0 atom stereocenters. The molecule has 1 aliphatic rings. The third kappa shape index (κ3) is 4.91. The van der Waals surface area contributed by atoms with Crippen molar-refractivity contribution in [3.63, 3.8) is 0 Å². The Labute approximate surface area is 174 Å². The topological polar surface area (TPSA) is 68.9 Å². The Morgan fingerprint density at radius 1 is 1.07 bits per heavy atom. The van der Waals surface area contributed by atoms with E-state index >= 15 is 0 Å². The zero-order valence-electron chi connectivity index (χ0n) is 17.8. The monoisotopic (exact) mass is 395 g/mol. The molecule has 0 amide bonds. The van der Waals surface area contributed by atoms with E-state index in [1.165, 1.54) is 16.7 Å². The van der Waals surface area contributed by atoms with Crippen LogP contribution in [-0.2, 0) is 23.0 Å². The maximum absolute atomic E-state index is 6.34. The number of aryl methyl sites for hydroxylation is 2. The van der Waals surface area contributed by atoms with Crippen molar-refractivity contribution in [3.8, 4) is 5.75 Å². The Morgan fingerprint density at radius 2 is 1.69 bits per heavy atom. The van der Waals surface area contributed by atoms with E-state index in [4.69, 9.17) is 20.2 Å². The van der Waals surface area contributed by atoms with Gasteiger partial charge in [-0.3, -0.25) is 4.99 Å². The molecular weight excluding hydrogens is 362 g/mol. The second kappa shape index (κ2) is 9.79. The standard InChI is InChI=1S/C24H33N3O2/c1-4-18-7-6-8-19(5-2)22(18)27-23(25)26-17-24(13-15-29-16-14-24)20-9-11-21(28-3)12-10-20/h6-12H,4-5,13-17H2,1-3H3,(H3,25,26,27). The molecule has 3 N–H and O–H groups in total. The van der Waals surface area contributed by atoms with E-state index in [2.05, 4.69) is 49.5 Å². The number of ether oxygens (including phenoxy) is 2. The van der Waals surface area contributed by atoms with Crippen molar-refractivity contribution in [2.75, 3.05) is 32.2 Å². The highest BCUT2D eigenvalue weighted by atomic mass is 16.5. The fraction of sp³-hybridized carbons (Fsp3) is 0.458. The summed E-state index contributed by atoms with van der Waals surface area (Å²) in [5.41, 5.74) is 11.2. The summed E-state index contributed by atoms with van der Waals surface area (Å²) in [7, 11) is 1.69. The Kier molecular flexibility index (Phi) is 7.15. The summed E-state index contributed by atoms with van der Waals surface area (Å²) in [4.78, 5) is 4.78. The van der Waals surface area contributed by atoms with E-state index in [-0.39, 0.29) is 5.41 Å². The van der Waals surface area contributed by atoms with Gasteiger partial charge in [0.2, 0.25) is 0 Å². The smallest absolute Gasteiger partial charge is 0.193 e. The number of nitrogens with zero attached hydrogens (tertiary/aromatic N) is 1. The van der Waals surface area contributed by atoms with Crippen LogP contribution < -0.4 is 15.8 Å². The highest BCUT2D eigenvalue weighted by Gasteiger charge is 2.34. The van der Waals surface area contributed by atoms with Gasteiger partial charge in [0, 0.05) is 24.3 Å². The molecular formula is C24H33N3O2. The average molecular weight is 396 g/mol. The minimum atomic E-state index is -0.0608. The van der Waals surface area contributed by atoms with E-state index in [9.17, 15) is 0 Å². The van der Waals surface area contributed by atoms with Crippen molar-refractivity contribution >= 4 is 11.6 Å². The number of para-hydroxylation sites is 1. The highest BCUT2D eigenvalue weighted by molar-refractivity contribution is 5.94. The van der Waals surface area contributed by atoms with Gasteiger partial charge >= 0.3 is 0 Å². The number of anilines is 1. The Bertz CT molecular complexity index is 802. The van der Waals surface area contributed by atoms with Gasteiger partial charge in [-0.1, -0.05) is 44.2 Å². The van der Waals surface area contributed by atoms with Crippen molar-refractivity contribution < 1.29 is 9.47 Å². The minimum Gasteiger partial charge on any atom is -0.497 e. The van der Waals surface area contributed by atoms with Crippen LogP contribution in [0.1, 0.15) is 43.4 Å². The normalized spacial score (nSPS) is 16.4. The number of benzene rings is 2. The van der Waals surface area contributed by atoms with Crippen molar-refractivity contribution in [2.24, 2.45) is 10.7 Å². The highest BCUT2D eigenvalue weighted by Crippen LogP contribution is 2.36. The molecule has 0 aromatic heterocycles. The van der Waals surface area contributed by atoms with Crippen molar-refractivity contribution in [1.29, 1.82) is 0 Å². The summed E-state index contributed by atoms with van der Waals surface area (Å²) in [5.74, 6) is 1.34. The van der Waals surface area contributed by atoms with E-state index < -0.39 is 0 Å². The molecule has 0 spiro atoms. The van der Waals surface area contributed by atoms with Gasteiger partial charge in [0.25, 0.3) is 0 Å². The van der Waals surface area contributed by atoms with Crippen LogP contribution in [0.3, 0.4) is 0 Å². The minimum absolute atomic E-state index is 0.0608. The first kappa shape index (κ1) is 21.2. The van der Waals surface area contributed by atoms with Crippen LogP contribution in [0.25, 0.3) is 0 Å². The molecule has 0 radical (unpaired) electrons. The molecule has 156 valence electrons. The molecule has 1 saturated heterocycles. The molecule has 5 heteroatoms. The Balaban J connectivity index is 1.82. The largest absolute Gasteiger partial charge is 0.497 e. The molecule has 29 heavy (non-hydrogen) atoms. The summed E-state index contributed by atoms with van der Waals surface area (Å²) in [5, 5.41) is 3.38. The second-order valence-corrected chi connectivity index (χ2v) is 7.61. The van der Waals surface area contributed by atoms with E-state index in [1.807, 2.05) is 12.1 Å². The Hall–Kier alpha value is -2.53. The molecule has 0 bridgehead atoms.